The quantitative estimate of drug-likeness (QED) is 0.371. The first-order valence-corrected chi connectivity index (χ1v) is 4.91. The highest BCUT2D eigenvalue weighted by Crippen LogP contribution is 2.30. The van der Waals surface area contributed by atoms with Gasteiger partial charge in [0, 0.05) is 5.56 Å². The molecule has 1 aromatic heterocycles. The molecule has 9 heteroatoms. The van der Waals surface area contributed by atoms with Crippen LogP contribution in [0.3, 0.4) is 0 Å². The second-order valence-corrected chi connectivity index (χ2v) is 3.21. The summed E-state index contributed by atoms with van der Waals surface area (Å²) < 4.78 is 57.3. The third-order valence-corrected chi connectivity index (χ3v) is 2.12. The molecule has 1 heterocycles. The van der Waals surface area contributed by atoms with Gasteiger partial charge in [0.1, 0.15) is 5.56 Å². The lowest BCUT2D eigenvalue weighted by Crippen LogP contribution is -2.20. The predicted molar refractivity (Wildman–Crippen MR) is 51.8 cm³/mol. The van der Waals surface area contributed by atoms with Crippen molar-refractivity contribution >= 4 is 17.6 Å². The van der Waals surface area contributed by atoms with Crippen LogP contribution in [-0.2, 0) is 10.6 Å². The van der Waals surface area contributed by atoms with Gasteiger partial charge < -0.3 is 9.47 Å². The summed E-state index contributed by atoms with van der Waals surface area (Å²) in [7, 11) is 0.942. The molecular weight excluding hydrogens is 282 g/mol. The Kier molecular flexibility index (Phi) is 4.33. The van der Waals surface area contributed by atoms with E-state index in [0.717, 1.165) is 7.11 Å². The van der Waals surface area contributed by atoms with Crippen molar-refractivity contribution in [2.75, 3.05) is 7.11 Å². The van der Waals surface area contributed by atoms with Crippen LogP contribution in [0.2, 0.25) is 0 Å². The number of hydrogen-bond acceptors (Lipinski definition) is 4. The van der Waals surface area contributed by atoms with Gasteiger partial charge in [0.2, 0.25) is 5.95 Å². The number of esters is 1. The topological polar surface area (TPSA) is 48.4 Å². The Morgan fingerprint density at radius 2 is 2.11 bits per heavy atom. The predicted octanol–water partition coefficient (Wildman–Crippen LogP) is 2.64. The van der Waals surface area contributed by atoms with Crippen LogP contribution in [0, 0.1) is 5.95 Å². The van der Waals surface area contributed by atoms with E-state index in [0.29, 0.717) is 6.20 Å². The highest BCUT2D eigenvalue weighted by molar-refractivity contribution is 6.18. The smallest absolute Gasteiger partial charge is 0.465 e. The second kappa shape index (κ2) is 5.38. The number of alkyl halides is 4. The van der Waals surface area contributed by atoms with Gasteiger partial charge in [-0.25, -0.2) is 9.78 Å². The lowest BCUT2D eigenvalue weighted by atomic mass is 10.1. The highest BCUT2D eigenvalue weighted by Gasteiger charge is 2.34. The summed E-state index contributed by atoms with van der Waals surface area (Å²) in [6.07, 6.45) is -4.51. The molecule has 100 valence electrons. The molecule has 1 rings (SSSR count). The van der Waals surface area contributed by atoms with Crippen molar-refractivity contribution in [2.45, 2.75) is 12.2 Å². The Labute approximate surface area is 103 Å². The number of hydrogen-bond donors (Lipinski definition) is 0. The van der Waals surface area contributed by atoms with E-state index in [-0.39, 0.29) is 0 Å². The summed E-state index contributed by atoms with van der Waals surface area (Å²) in [5.74, 6) is -3.90. The Bertz CT molecular complexity index is 464. The van der Waals surface area contributed by atoms with E-state index in [4.69, 9.17) is 11.6 Å². The van der Waals surface area contributed by atoms with Crippen molar-refractivity contribution in [1.82, 2.24) is 4.98 Å². The summed E-state index contributed by atoms with van der Waals surface area (Å²) >= 11 is 5.39. The maximum atomic E-state index is 13.3. The number of carbonyl (C=O) groups excluding carboxylic acids is 1. The van der Waals surface area contributed by atoms with Crippen molar-refractivity contribution in [3.05, 3.63) is 23.3 Å². The molecule has 0 aliphatic carbocycles. The van der Waals surface area contributed by atoms with Crippen LogP contribution >= 0.6 is 11.6 Å². The first-order chi connectivity index (χ1) is 8.30. The molecule has 0 N–H and O–H groups in total. The largest absolute Gasteiger partial charge is 0.573 e. The maximum absolute atomic E-state index is 13.3. The normalized spacial score (nSPS) is 11.2. The summed E-state index contributed by atoms with van der Waals surface area (Å²) in [6, 6.07) is 0. The third kappa shape index (κ3) is 3.22. The summed E-state index contributed by atoms with van der Waals surface area (Å²) in [5, 5.41) is 0. The molecule has 4 nitrogen and oxygen atoms in total. The standard InChI is InChI=1S/C9H6ClF4NO3/c1-17-8(16)6-4(2-10)5(3-15-7(6)11)18-9(12,13)14/h3H,2H2,1H3. The van der Waals surface area contributed by atoms with Gasteiger partial charge in [0.05, 0.1) is 19.2 Å². The number of ether oxygens (including phenoxy) is 2. The van der Waals surface area contributed by atoms with Crippen molar-refractivity contribution in [1.29, 1.82) is 0 Å². The molecule has 0 aliphatic heterocycles. The monoisotopic (exact) mass is 287 g/mol. The number of rotatable bonds is 3. The molecule has 0 saturated carbocycles. The van der Waals surface area contributed by atoms with Crippen LogP contribution in [0.25, 0.3) is 0 Å². The number of pyridine rings is 1. The number of methoxy groups -OCH3 is 1. The molecule has 18 heavy (non-hydrogen) atoms. The van der Waals surface area contributed by atoms with Gasteiger partial charge in [-0.3, -0.25) is 0 Å². The van der Waals surface area contributed by atoms with E-state index in [1.165, 1.54) is 0 Å². The lowest BCUT2D eigenvalue weighted by Gasteiger charge is -2.14. The first-order valence-electron chi connectivity index (χ1n) is 4.37. The minimum Gasteiger partial charge on any atom is -0.465 e. The van der Waals surface area contributed by atoms with Gasteiger partial charge in [-0.15, -0.1) is 24.8 Å². The first kappa shape index (κ1) is 14.5. The molecule has 0 unspecified atom stereocenters. The summed E-state index contributed by atoms with van der Waals surface area (Å²) in [4.78, 5) is 14.2. The van der Waals surface area contributed by atoms with E-state index in [9.17, 15) is 22.4 Å². The lowest BCUT2D eigenvalue weighted by molar-refractivity contribution is -0.275. The fraction of sp³-hybridized carbons (Fsp3) is 0.333. The van der Waals surface area contributed by atoms with Crippen LogP contribution in [-0.4, -0.2) is 24.4 Å². The molecule has 0 spiro atoms. The number of nitrogens with zero attached hydrogens (tertiary/aromatic N) is 1. The average Bonchev–Trinajstić information content (AvgIpc) is 2.28. The molecule has 0 fully saturated rings. The van der Waals surface area contributed by atoms with Crippen LogP contribution in [0.1, 0.15) is 15.9 Å². The Morgan fingerprint density at radius 3 is 2.56 bits per heavy atom. The van der Waals surface area contributed by atoms with Gasteiger partial charge >= 0.3 is 12.3 Å². The zero-order valence-corrected chi connectivity index (χ0v) is 9.60. The van der Waals surface area contributed by atoms with Gasteiger partial charge in [0.25, 0.3) is 0 Å². The minimum atomic E-state index is -5.01. The van der Waals surface area contributed by atoms with Gasteiger partial charge in [-0.2, -0.15) is 4.39 Å². The van der Waals surface area contributed by atoms with E-state index < -0.39 is 41.0 Å². The van der Waals surface area contributed by atoms with E-state index in [2.05, 4.69) is 14.5 Å². The SMILES string of the molecule is COC(=O)c1c(F)ncc(OC(F)(F)F)c1CCl. The Morgan fingerprint density at radius 1 is 1.50 bits per heavy atom. The van der Waals surface area contributed by atoms with Gasteiger partial charge in [0.15, 0.2) is 5.75 Å². The summed E-state index contributed by atoms with van der Waals surface area (Å²) in [5.41, 5.74) is -1.26. The summed E-state index contributed by atoms with van der Waals surface area (Å²) in [6.45, 7) is 0. The fourth-order valence-corrected chi connectivity index (χ4v) is 1.43. The van der Waals surface area contributed by atoms with Crippen LogP contribution < -0.4 is 4.74 Å². The molecule has 0 atom stereocenters. The molecule has 0 bridgehead atoms. The zero-order chi connectivity index (χ0) is 13.9. The van der Waals surface area contributed by atoms with E-state index >= 15 is 0 Å². The highest BCUT2D eigenvalue weighted by atomic mass is 35.5. The number of halogens is 5. The van der Waals surface area contributed by atoms with E-state index in [1.807, 2.05) is 0 Å². The van der Waals surface area contributed by atoms with Crippen LogP contribution in [0.4, 0.5) is 17.6 Å². The van der Waals surface area contributed by atoms with E-state index in [1.54, 1.807) is 0 Å². The average molecular weight is 288 g/mol. The van der Waals surface area contributed by atoms with Crippen molar-refractivity contribution in [3.63, 3.8) is 0 Å². The van der Waals surface area contributed by atoms with Crippen LogP contribution in [0.5, 0.6) is 5.75 Å². The molecule has 0 aromatic carbocycles. The second-order valence-electron chi connectivity index (χ2n) is 2.94. The molecular formula is C9H6ClF4NO3. The van der Waals surface area contributed by atoms with Gasteiger partial charge in [-0.1, -0.05) is 0 Å². The van der Waals surface area contributed by atoms with Gasteiger partial charge in [-0.05, 0) is 0 Å². The Balaban J connectivity index is 3.34. The molecule has 0 saturated heterocycles. The Hall–Kier alpha value is -1.57. The van der Waals surface area contributed by atoms with Crippen molar-refractivity contribution in [2.24, 2.45) is 0 Å². The molecule has 0 radical (unpaired) electrons. The number of aromatic nitrogens is 1. The third-order valence-electron chi connectivity index (χ3n) is 1.85. The zero-order valence-electron chi connectivity index (χ0n) is 8.85. The molecule has 1 aromatic rings. The van der Waals surface area contributed by atoms with Crippen LogP contribution in [0.15, 0.2) is 6.20 Å². The molecule has 0 aliphatic rings. The minimum absolute atomic E-state index is 0.478. The fourth-order valence-electron chi connectivity index (χ4n) is 1.16. The van der Waals surface area contributed by atoms with Crippen molar-refractivity contribution in [3.8, 4) is 5.75 Å². The maximum Gasteiger partial charge on any atom is 0.573 e. The van der Waals surface area contributed by atoms with Crippen molar-refractivity contribution < 1.29 is 31.8 Å². The molecule has 0 amide bonds. The number of carbonyl (C=O) groups is 1.